The van der Waals surface area contributed by atoms with Gasteiger partial charge in [0.15, 0.2) is 9.84 Å². The highest BCUT2D eigenvalue weighted by Crippen LogP contribution is 2.20. The summed E-state index contributed by atoms with van der Waals surface area (Å²) in [5.41, 5.74) is 0.936. The normalized spacial score (nSPS) is 11.1. The lowest BCUT2D eigenvalue weighted by atomic mass is 10.2. The molecule has 2 rings (SSSR count). The third-order valence-electron chi connectivity index (χ3n) is 3.02. The summed E-state index contributed by atoms with van der Waals surface area (Å²) in [4.78, 5) is 12.4. The number of halogens is 1. The van der Waals surface area contributed by atoms with E-state index >= 15 is 0 Å². The predicted molar refractivity (Wildman–Crippen MR) is 78.2 cm³/mol. The molecule has 0 heterocycles. The van der Waals surface area contributed by atoms with Crippen LogP contribution in [0, 0.1) is 12.7 Å². The van der Waals surface area contributed by atoms with Crippen LogP contribution in [0.2, 0.25) is 0 Å². The lowest BCUT2D eigenvalue weighted by Crippen LogP contribution is -2.28. The number of rotatable bonds is 5. The van der Waals surface area contributed by atoms with Crippen LogP contribution in [-0.4, -0.2) is 20.7 Å². The molecule has 0 radical (unpaired) electrons. The molecule has 0 aliphatic carbocycles. The number of anilines is 1. The topological polar surface area (TPSA) is 54.5 Å². The fourth-order valence-corrected chi connectivity index (χ4v) is 3.52. The fourth-order valence-electron chi connectivity index (χ4n) is 1.96. The number of carbonyl (C=O) groups is 1. The van der Waals surface area contributed by atoms with Crippen molar-refractivity contribution < 1.29 is 17.6 Å². The van der Waals surface area contributed by atoms with Gasteiger partial charge in [0.05, 0.1) is 4.90 Å². The minimum Gasteiger partial charge on any atom is -0.300 e. The summed E-state index contributed by atoms with van der Waals surface area (Å²) in [6, 6.07) is 11.6. The summed E-state index contributed by atoms with van der Waals surface area (Å²) < 4.78 is 37.7. The molecule has 0 saturated carbocycles. The van der Waals surface area contributed by atoms with Crippen molar-refractivity contribution >= 4 is 21.9 Å². The number of carbonyl (C=O) groups excluding carboxylic acids is 1. The first kappa shape index (κ1) is 15.2. The third kappa shape index (κ3) is 3.46. The molecule has 6 heteroatoms. The first-order valence-corrected chi connectivity index (χ1v) is 7.85. The number of benzene rings is 2. The van der Waals surface area contributed by atoms with Crippen molar-refractivity contribution in [2.24, 2.45) is 0 Å². The Balaban J connectivity index is 2.32. The second kappa shape index (κ2) is 6.05. The van der Waals surface area contributed by atoms with Crippen LogP contribution in [0.4, 0.5) is 10.1 Å². The molecule has 2 aromatic carbocycles. The zero-order valence-corrected chi connectivity index (χ0v) is 12.2. The minimum absolute atomic E-state index is 0.180. The molecule has 0 aliphatic rings. The molecular weight excluding hydrogens is 293 g/mol. The van der Waals surface area contributed by atoms with E-state index in [1.165, 1.54) is 30.3 Å². The molecule has 21 heavy (non-hydrogen) atoms. The summed E-state index contributed by atoms with van der Waals surface area (Å²) in [5.74, 6) is -0.946. The Morgan fingerprint density at radius 2 is 1.71 bits per heavy atom. The maximum atomic E-state index is 12.9. The van der Waals surface area contributed by atoms with Crippen molar-refractivity contribution in [1.29, 1.82) is 0 Å². The number of aryl methyl sites for hydroxylation is 1. The monoisotopic (exact) mass is 307 g/mol. The molecule has 0 fully saturated rings. The number of amides is 1. The smallest absolute Gasteiger partial charge is 0.215 e. The van der Waals surface area contributed by atoms with Gasteiger partial charge < -0.3 is 0 Å². The van der Waals surface area contributed by atoms with Gasteiger partial charge >= 0.3 is 0 Å². The standard InChI is InChI=1S/C15H14FNO3S/c1-12-4-2-3-5-15(12)21(19,20)11-17(10-18)14-8-6-13(16)7-9-14/h2-10H,11H2,1H3. The lowest BCUT2D eigenvalue weighted by Gasteiger charge is -2.18. The highest BCUT2D eigenvalue weighted by atomic mass is 32.2. The van der Waals surface area contributed by atoms with Gasteiger partial charge in [0, 0.05) is 5.69 Å². The molecule has 0 N–H and O–H groups in total. The van der Waals surface area contributed by atoms with E-state index in [-0.39, 0.29) is 4.90 Å². The summed E-state index contributed by atoms with van der Waals surface area (Å²) in [5, 5.41) is 0. The number of hydrogen-bond donors (Lipinski definition) is 0. The van der Waals surface area contributed by atoms with Gasteiger partial charge in [-0.3, -0.25) is 9.69 Å². The molecule has 0 saturated heterocycles. The van der Waals surface area contributed by atoms with Gasteiger partial charge in [-0.2, -0.15) is 0 Å². The first-order valence-electron chi connectivity index (χ1n) is 6.20. The van der Waals surface area contributed by atoms with E-state index in [1.54, 1.807) is 25.1 Å². The lowest BCUT2D eigenvalue weighted by molar-refractivity contribution is -0.107. The third-order valence-corrected chi connectivity index (χ3v) is 4.77. The van der Waals surface area contributed by atoms with Crippen LogP contribution < -0.4 is 4.90 Å². The van der Waals surface area contributed by atoms with E-state index in [2.05, 4.69) is 0 Å². The molecule has 0 unspecified atom stereocenters. The van der Waals surface area contributed by atoms with Crippen molar-refractivity contribution in [2.75, 3.05) is 10.8 Å². The van der Waals surface area contributed by atoms with Crippen LogP contribution in [0.5, 0.6) is 0 Å². The number of nitrogens with zero attached hydrogens (tertiary/aromatic N) is 1. The highest BCUT2D eigenvalue weighted by molar-refractivity contribution is 7.91. The van der Waals surface area contributed by atoms with E-state index in [9.17, 15) is 17.6 Å². The van der Waals surface area contributed by atoms with Gasteiger partial charge in [0.25, 0.3) is 0 Å². The molecule has 0 aliphatic heterocycles. The molecule has 4 nitrogen and oxygen atoms in total. The zero-order valence-electron chi connectivity index (χ0n) is 11.4. The van der Waals surface area contributed by atoms with Gasteiger partial charge in [-0.25, -0.2) is 12.8 Å². The van der Waals surface area contributed by atoms with Crippen LogP contribution in [0.25, 0.3) is 0 Å². The average molecular weight is 307 g/mol. The van der Waals surface area contributed by atoms with Gasteiger partial charge in [-0.05, 0) is 42.8 Å². The molecule has 0 spiro atoms. The van der Waals surface area contributed by atoms with Crippen LogP contribution in [-0.2, 0) is 14.6 Å². The average Bonchev–Trinajstić information content (AvgIpc) is 2.46. The molecule has 0 atom stereocenters. The van der Waals surface area contributed by atoms with Crippen LogP contribution in [0.3, 0.4) is 0 Å². The molecule has 110 valence electrons. The van der Waals surface area contributed by atoms with Crippen LogP contribution >= 0.6 is 0 Å². The summed E-state index contributed by atoms with van der Waals surface area (Å²) in [6.07, 6.45) is 0.420. The number of sulfone groups is 1. The Morgan fingerprint density at radius 3 is 2.29 bits per heavy atom. The molecule has 0 aromatic heterocycles. The summed E-state index contributed by atoms with van der Waals surface area (Å²) >= 11 is 0. The van der Waals surface area contributed by atoms with Crippen LogP contribution in [0.15, 0.2) is 53.4 Å². The van der Waals surface area contributed by atoms with Gasteiger partial charge in [0.1, 0.15) is 11.7 Å². The Hall–Kier alpha value is -2.21. The van der Waals surface area contributed by atoms with Crippen molar-refractivity contribution in [3.05, 3.63) is 59.9 Å². The summed E-state index contributed by atoms with van der Waals surface area (Å²) in [7, 11) is -3.66. The molecule has 2 aromatic rings. The van der Waals surface area contributed by atoms with Crippen molar-refractivity contribution in [3.8, 4) is 0 Å². The quantitative estimate of drug-likeness (QED) is 0.798. The van der Waals surface area contributed by atoms with E-state index < -0.39 is 21.5 Å². The minimum atomic E-state index is -3.66. The van der Waals surface area contributed by atoms with E-state index in [4.69, 9.17) is 0 Å². The van der Waals surface area contributed by atoms with Crippen molar-refractivity contribution in [1.82, 2.24) is 0 Å². The highest BCUT2D eigenvalue weighted by Gasteiger charge is 2.21. The Bertz CT molecular complexity index is 742. The van der Waals surface area contributed by atoms with Gasteiger partial charge in [-0.1, -0.05) is 18.2 Å². The van der Waals surface area contributed by atoms with Gasteiger partial charge in [0.2, 0.25) is 6.41 Å². The largest absolute Gasteiger partial charge is 0.300 e. The number of hydrogen-bond acceptors (Lipinski definition) is 3. The van der Waals surface area contributed by atoms with E-state index in [0.29, 0.717) is 17.7 Å². The van der Waals surface area contributed by atoms with E-state index in [1.807, 2.05) is 0 Å². The van der Waals surface area contributed by atoms with E-state index in [0.717, 1.165) is 4.90 Å². The second-order valence-electron chi connectivity index (χ2n) is 4.56. The Kier molecular flexibility index (Phi) is 4.37. The Morgan fingerprint density at radius 1 is 1.10 bits per heavy atom. The first-order chi connectivity index (χ1) is 9.94. The molecular formula is C15H14FNO3S. The SMILES string of the molecule is Cc1ccccc1S(=O)(=O)CN(C=O)c1ccc(F)cc1. The van der Waals surface area contributed by atoms with Crippen LogP contribution in [0.1, 0.15) is 5.56 Å². The van der Waals surface area contributed by atoms with Crippen molar-refractivity contribution in [2.45, 2.75) is 11.8 Å². The maximum absolute atomic E-state index is 12.9. The molecule has 0 bridgehead atoms. The maximum Gasteiger partial charge on any atom is 0.215 e. The van der Waals surface area contributed by atoms with Gasteiger partial charge in [-0.15, -0.1) is 0 Å². The second-order valence-corrected chi connectivity index (χ2v) is 6.49. The Labute approximate surface area is 122 Å². The fraction of sp³-hybridized carbons (Fsp3) is 0.133. The van der Waals surface area contributed by atoms with Crippen molar-refractivity contribution in [3.63, 3.8) is 0 Å². The summed E-state index contributed by atoms with van der Waals surface area (Å²) in [6.45, 7) is 1.69. The zero-order chi connectivity index (χ0) is 15.5. The molecule has 1 amide bonds. The predicted octanol–water partition coefficient (Wildman–Crippen LogP) is 2.53.